The van der Waals surface area contributed by atoms with E-state index in [0.717, 1.165) is 15.6 Å². The number of rotatable bonds is 9. The number of carbonyl (C=O) groups is 1. The smallest absolute Gasteiger partial charge is 0.320 e. The molecule has 0 radical (unpaired) electrons. The molecule has 0 aromatic heterocycles. The molecule has 2 aromatic rings. The van der Waals surface area contributed by atoms with Gasteiger partial charge in [0, 0.05) is 17.1 Å². The van der Waals surface area contributed by atoms with Crippen LogP contribution < -0.4 is 14.8 Å². The summed E-state index contributed by atoms with van der Waals surface area (Å²) < 4.78 is 12.1. The van der Waals surface area contributed by atoms with Crippen LogP contribution >= 0.6 is 27.5 Å². The second-order valence-corrected chi connectivity index (χ2v) is 7.69. The Kier molecular flexibility index (Phi) is 7.95. The van der Waals surface area contributed by atoms with Crippen LogP contribution in [0, 0.1) is 5.92 Å². The van der Waals surface area contributed by atoms with E-state index in [1.165, 1.54) is 0 Å². The Bertz CT molecular complexity index is 798. The van der Waals surface area contributed by atoms with E-state index in [-0.39, 0.29) is 5.92 Å². The zero-order valence-electron chi connectivity index (χ0n) is 15.5. The Morgan fingerprint density at radius 3 is 2.59 bits per heavy atom. The van der Waals surface area contributed by atoms with Gasteiger partial charge in [-0.25, -0.2) is 0 Å². The van der Waals surface area contributed by atoms with Crippen LogP contribution in [-0.2, 0) is 17.9 Å². The largest absolute Gasteiger partial charge is 0.493 e. The molecule has 7 heteroatoms. The molecule has 0 saturated heterocycles. The van der Waals surface area contributed by atoms with Gasteiger partial charge in [0.2, 0.25) is 0 Å². The summed E-state index contributed by atoms with van der Waals surface area (Å²) in [5.74, 6) is 0.242. The second kappa shape index (κ2) is 9.97. The van der Waals surface area contributed by atoms with Crippen molar-refractivity contribution in [2.24, 2.45) is 5.92 Å². The molecule has 0 aliphatic carbocycles. The van der Waals surface area contributed by atoms with Gasteiger partial charge in [0.1, 0.15) is 12.6 Å². The van der Waals surface area contributed by atoms with Crippen LogP contribution in [-0.4, -0.2) is 24.2 Å². The number of halogens is 2. The highest BCUT2D eigenvalue weighted by Crippen LogP contribution is 2.37. The van der Waals surface area contributed by atoms with Gasteiger partial charge in [-0.3, -0.25) is 4.79 Å². The minimum Gasteiger partial charge on any atom is -0.493 e. The quantitative estimate of drug-likeness (QED) is 0.562. The summed E-state index contributed by atoms with van der Waals surface area (Å²) in [5.41, 5.74) is 1.76. The number of nitrogens with one attached hydrogen (secondary N) is 1. The maximum absolute atomic E-state index is 11.3. The van der Waals surface area contributed by atoms with Gasteiger partial charge in [-0.2, -0.15) is 0 Å². The molecule has 5 nitrogen and oxygen atoms in total. The summed E-state index contributed by atoms with van der Waals surface area (Å²) in [6.07, 6.45) is 0. The topological polar surface area (TPSA) is 67.8 Å². The summed E-state index contributed by atoms with van der Waals surface area (Å²) in [5, 5.41) is 13.0. The lowest BCUT2D eigenvalue weighted by Crippen LogP contribution is -2.40. The molecule has 1 unspecified atom stereocenters. The number of hydrogen-bond acceptors (Lipinski definition) is 4. The standard InChI is InChI=1S/C20H23BrClNO4/c1-12(2)18(20(24)25)23-10-13-8-15(21)19(17(9-13)26-3)27-11-14-6-4-5-7-16(14)22/h4-9,12,18,23H,10-11H2,1-3H3,(H,24,25). The highest BCUT2D eigenvalue weighted by atomic mass is 79.9. The fourth-order valence-corrected chi connectivity index (χ4v) is 3.41. The molecule has 27 heavy (non-hydrogen) atoms. The molecule has 0 fully saturated rings. The lowest BCUT2D eigenvalue weighted by Gasteiger charge is -2.19. The summed E-state index contributed by atoms with van der Waals surface area (Å²) in [7, 11) is 1.56. The predicted molar refractivity (Wildman–Crippen MR) is 110 cm³/mol. The van der Waals surface area contributed by atoms with Crippen LogP contribution in [0.25, 0.3) is 0 Å². The number of ether oxygens (including phenoxy) is 2. The Hall–Kier alpha value is -1.76. The monoisotopic (exact) mass is 455 g/mol. The van der Waals surface area contributed by atoms with Crippen molar-refractivity contribution in [1.29, 1.82) is 0 Å². The fraction of sp³-hybridized carbons (Fsp3) is 0.350. The van der Waals surface area contributed by atoms with Crippen molar-refractivity contribution >= 4 is 33.5 Å². The van der Waals surface area contributed by atoms with Crippen molar-refractivity contribution in [3.05, 3.63) is 57.0 Å². The first-order valence-corrected chi connectivity index (χ1v) is 9.69. The van der Waals surface area contributed by atoms with E-state index in [2.05, 4.69) is 21.2 Å². The average molecular weight is 457 g/mol. The van der Waals surface area contributed by atoms with Crippen LogP contribution in [0.15, 0.2) is 40.9 Å². The van der Waals surface area contributed by atoms with Crippen molar-refractivity contribution in [3.63, 3.8) is 0 Å². The molecule has 2 aromatic carbocycles. The first-order chi connectivity index (χ1) is 12.8. The second-order valence-electron chi connectivity index (χ2n) is 6.43. The SMILES string of the molecule is COc1cc(CNC(C(=O)O)C(C)C)cc(Br)c1OCc1ccccc1Cl. The van der Waals surface area contributed by atoms with E-state index in [1.807, 2.05) is 50.2 Å². The number of aliphatic carboxylic acids is 1. The van der Waals surface area contributed by atoms with Crippen molar-refractivity contribution < 1.29 is 19.4 Å². The molecule has 0 aliphatic heterocycles. The van der Waals surface area contributed by atoms with Gasteiger partial charge in [0.15, 0.2) is 11.5 Å². The van der Waals surface area contributed by atoms with E-state index in [1.54, 1.807) is 7.11 Å². The molecular formula is C20H23BrClNO4. The molecule has 0 spiro atoms. The van der Waals surface area contributed by atoms with Crippen LogP contribution in [0.5, 0.6) is 11.5 Å². The van der Waals surface area contributed by atoms with E-state index < -0.39 is 12.0 Å². The van der Waals surface area contributed by atoms with Crippen molar-refractivity contribution in [2.75, 3.05) is 7.11 Å². The van der Waals surface area contributed by atoms with E-state index in [9.17, 15) is 9.90 Å². The van der Waals surface area contributed by atoms with Crippen molar-refractivity contribution in [1.82, 2.24) is 5.32 Å². The molecule has 0 bridgehead atoms. The van der Waals surface area contributed by atoms with Gasteiger partial charge in [0.25, 0.3) is 0 Å². The molecule has 0 saturated carbocycles. The third-order valence-corrected chi connectivity index (χ3v) is 5.04. The molecule has 146 valence electrons. The van der Waals surface area contributed by atoms with E-state index in [4.69, 9.17) is 21.1 Å². The number of carboxylic acid groups (broad SMARTS) is 1. The van der Waals surface area contributed by atoms with E-state index >= 15 is 0 Å². The number of carboxylic acids is 1. The maximum atomic E-state index is 11.3. The fourth-order valence-electron chi connectivity index (χ4n) is 2.62. The predicted octanol–water partition coefficient (Wildman–Crippen LogP) is 4.89. The zero-order chi connectivity index (χ0) is 20.0. The molecular weight excluding hydrogens is 434 g/mol. The Balaban J connectivity index is 2.14. The molecule has 0 heterocycles. The highest BCUT2D eigenvalue weighted by molar-refractivity contribution is 9.10. The number of hydrogen-bond donors (Lipinski definition) is 2. The number of benzene rings is 2. The third-order valence-electron chi connectivity index (χ3n) is 4.08. The van der Waals surface area contributed by atoms with Gasteiger partial charge >= 0.3 is 5.97 Å². The number of methoxy groups -OCH3 is 1. The summed E-state index contributed by atoms with van der Waals surface area (Å²) in [6.45, 7) is 4.44. The summed E-state index contributed by atoms with van der Waals surface area (Å²) >= 11 is 9.69. The lowest BCUT2D eigenvalue weighted by atomic mass is 10.0. The van der Waals surface area contributed by atoms with Crippen LogP contribution in [0.2, 0.25) is 5.02 Å². The first-order valence-electron chi connectivity index (χ1n) is 8.52. The van der Waals surface area contributed by atoms with Gasteiger partial charge in [-0.05, 0) is 45.6 Å². The Morgan fingerprint density at radius 1 is 1.30 bits per heavy atom. The summed E-state index contributed by atoms with van der Waals surface area (Å²) in [6, 6.07) is 10.6. The minimum atomic E-state index is -0.865. The van der Waals surface area contributed by atoms with Crippen LogP contribution in [0.4, 0.5) is 0 Å². The molecule has 1 atom stereocenters. The molecule has 2 N–H and O–H groups in total. The molecule has 2 rings (SSSR count). The van der Waals surface area contributed by atoms with Gasteiger partial charge in [0.05, 0.1) is 11.6 Å². The summed E-state index contributed by atoms with van der Waals surface area (Å²) in [4.78, 5) is 11.3. The zero-order valence-corrected chi connectivity index (χ0v) is 17.8. The first kappa shape index (κ1) is 21.5. The van der Waals surface area contributed by atoms with Crippen LogP contribution in [0.1, 0.15) is 25.0 Å². The van der Waals surface area contributed by atoms with E-state index in [0.29, 0.717) is 29.7 Å². The third kappa shape index (κ3) is 5.86. The minimum absolute atomic E-state index is 0.0222. The van der Waals surface area contributed by atoms with Crippen LogP contribution in [0.3, 0.4) is 0 Å². The van der Waals surface area contributed by atoms with Crippen molar-refractivity contribution in [2.45, 2.75) is 33.0 Å². The van der Waals surface area contributed by atoms with Crippen molar-refractivity contribution in [3.8, 4) is 11.5 Å². The normalized spacial score (nSPS) is 12.1. The van der Waals surface area contributed by atoms with Gasteiger partial charge in [-0.1, -0.05) is 43.6 Å². The molecule has 0 aliphatic rings. The maximum Gasteiger partial charge on any atom is 0.320 e. The van der Waals surface area contributed by atoms with Gasteiger partial charge in [-0.15, -0.1) is 0 Å². The Morgan fingerprint density at radius 2 is 2.00 bits per heavy atom. The average Bonchev–Trinajstić information content (AvgIpc) is 2.61. The lowest BCUT2D eigenvalue weighted by molar-refractivity contribution is -0.140. The molecule has 0 amide bonds. The Labute approximate surface area is 172 Å². The van der Waals surface area contributed by atoms with Gasteiger partial charge < -0.3 is 19.9 Å². The highest BCUT2D eigenvalue weighted by Gasteiger charge is 2.21.